The molecule has 0 fully saturated rings. The van der Waals surface area contributed by atoms with Crippen LogP contribution in [0.5, 0.6) is 17.2 Å². The Bertz CT molecular complexity index is 858. The van der Waals surface area contributed by atoms with Crippen LogP contribution in [0.2, 0.25) is 5.15 Å². The Kier molecular flexibility index (Phi) is 4.71. The Balaban J connectivity index is 2.03. The largest absolute Gasteiger partial charge is 0.493 e. The molecule has 0 atom stereocenters. The molecule has 3 aromatic rings. The van der Waals surface area contributed by atoms with Gasteiger partial charge in [-0.1, -0.05) is 23.7 Å². The quantitative estimate of drug-likeness (QED) is 0.702. The van der Waals surface area contributed by atoms with Gasteiger partial charge in [-0.15, -0.1) is 0 Å². The third kappa shape index (κ3) is 3.08. The molecule has 0 saturated carbocycles. The van der Waals surface area contributed by atoms with E-state index in [9.17, 15) is 0 Å². The first-order valence-electron chi connectivity index (χ1n) is 7.36. The van der Waals surface area contributed by atoms with Gasteiger partial charge in [-0.2, -0.15) is 0 Å². The number of benzene rings is 2. The Morgan fingerprint density at radius 2 is 1.46 bits per heavy atom. The minimum atomic E-state index is 0.391. The molecule has 0 aliphatic heterocycles. The smallest absolute Gasteiger partial charge is 0.203 e. The molecule has 0 N–H and O–H groups in total. The fraction of sp³-hybridized carbons (Fsp3) is 0.222. The van der Waals surface area contributed by atoms with Crippen LogP contribution in [0.1, 0.15) is 11.3 Å². The summed E-state index contributed by atoms with van der Waals surface area (Å²) in [5.41, 5.74) is 3.22. The number of hydrogen-bond donors (Lipinski definition) is 0. The highest BCUT2D eigenvalue weighted by Gasteiger charge is 2.15. The minimum Gasteiger partial charge on any atom is -0.493 e. The topological polar surface area (TPSA) is 53.5 Å². The molecule has 3 rings (SSSR count). The van der Waals surface area contributed by atoms with Gasteiger partial charge in [-0.3, -0.25) is 0 Å². The van der Waals surface area contributed by atoms with E-state index >= 15 is 0 Å². The predicted molar refractivity (Wildman–Crippen MR) is 93.5 cm³/mol. The molecule has 0 saturated heterocycles. The fourth-order valence-electron chi connectivity index (χ4n) is 2.56. The number of fused-ring (bicyclic) bond motifs is 1. The van der Waals surface area contributed by atoms with E-state index in [0.717, 1.165) is 16.6 Å². The van der Waals surface area contributed by atoms with E-state index in [1.165, 1.54) is 0 Å². The van der Waals surface area contributed by atoms with E-state index in [0.29, 0.717) is 34.5 Å². The average Bonchev–Trinajstić information content (AvgIpc) is 2.61. The molecule has 5 nitrogen and oxygen atoms in total. The summed E-state index contributed by atoms with van der Waals surface area (Å²) in [6, 6.07) is 11.4. The molecular weight excluding hydrogens is 328 g/mol. The van der Waals surface area contributed by atoms with Crippen molar-refractivity contribution in [3.8, 4) is 17.2 Å². The van der Waals surface area contributed by atoms with E-state index in [1.807, 2.05) is 36.4 Å². The molecule has 0 bridgehead atoms. The molecule has 0 aliphatic carbocycles. The van der Waals surface area contributed by atoms with Crippen molar-refractivity contribution in [3.63, 3.8) is 0 Å². The first-order valence-corrected chi connectivity index (χ1v) is 7.74. The maximum Gasteiger partial charge on any atom is 0.203 e. The maximum atomic E-state index is 6.30. The molecule has 1 aromatic heterocycles. The zero-order valence-corrected chi connectivity index (χ0v) is 14.4. The van der Waals surface area contributed by atoms with Gasteiger partial charge in [0.1, 0.15) is 0 Å². The molecule has 24 heavy (non-hydrogen) atoms. The molecule has 0 amide bonds. The summed E-state index contributed by atoms with van der Waals surface area (Å²) in [5, 5.41) is 0.391. The van der Waals surface area contributed by atoms with Crippen LogP contribution >= 0.6 is 11.6 Å². The number of ether oxygens (including phenoxy) is 3. The maximum absolute atomic E-state index is 6.30. The molecule has 0 unspecified atom stereocenters. The Labute approximate surface area is 145 Å². The number of hydrogen-bond acceptors (Lipinski definition) is 5. The Hall–Kier alpha value is -2.53. The van der Waals surface area contributed by atoms with Crippen LogP contribution in [-0.2, 0) is 6.42 Å². The van der Waals surface area contributed by atoms with E-state index in [-0.39, 0.29) is 0 Å². The van der Waals surface area contributed by atoms with Gasteiger partial charge in [0.15, 0.2) is 16.7 Å². The van der Waals surface area contributed by atoms with Crippen molar-refractivity contribution in [2.24, 2.45) is 0 Å². The molecule has 0 aliphatic rings. The van der Waals surface area contributed by atoms with Gasteiger partial charge in [0.05, 0.1) is 38.1 Å². The highest BCUT2D eigenvalue weighted by atomic mass is 35.5. The van der Waals surface area contributed by atoms with E-state index < -0.39 is 0 Å². The first kappa shape index (κ1) is 16.3. The summed E-state index contributed by atoms with van der Waals surface area (Å²) in [7, 11) is 4.75. The van der Waals surface area contributed by atoms with Gasteiger partial charge >= 0.3 is 0 Å². The predicted octanol–water partition coefficient (Wildman–Crippen LogP) is 3.90. The lowest BCUT2D eigenvalue weighted by Crippen LogP contribution is -2.00. The Morgan fingerprint density at radius 3 is 2.00 bits per heavy atom. The van der Waals surface area contributed by atoms with E-state index in [4.69, 9.17) is 25.8 Å². The number of aromatic nitrogens is 2. The number of rotatable bonds is 5. The van der Waals surface area contributed by atoms with Crippen LogP contribution in [0.3, 0.4) is 0 Å². The second kappa shape index (κ2) is 6.93. The van der Waals surface area contributed by atoms with Crippen LogP contribution in [0.25, 0.3) is 11.0 Å². The van der Waals surface area contributed by atoms with E-state index in [1.54, 1.807) is 21.3 Å². The van der Waals surface area contributed by atoms with E-state index in [2.05, 4.69) is 9.97 Å². The van der Waals surface area contributed by atoms with Crippen molar-refractivity contribution < 1.29 is 14.2 Å². The van der Waals surface area contributed by atoms with Crippen LogP contribution in [0.15, 0.2) is 36.4 Å². The van der Waals surface area contributed by atoms with Gasteiger partial charge < -0.3 is 14.2 Å². The highest BCUT2D eigenvalue weighted by Crippen LogP contribution is 2.38. The lowest BCUT2D eigenvalue weighted by molar-refractivity contribution is 0.324. The SMILES string of the molecule is COc1cc(Cc2nc3ccccc3nc2Cl)cc(OC)c1OC. The van der Waals surface area contributed by atoms with Crippen molar-refractivity contribution >= 4 is 22.6 Å². The van der Waals surface area contributed by atoms with Crippen molar-refractivity contribution in [1.29, 1.82) is 0 Å². The molecule has 124 valence electrons. The highest BCUT2D eigenvalue weighted by molar-refractivity contribution is 6.30. The van der Waals surface area contributed by atoms with Crippen molar-refractivity contribution in [2.75, 3.05) is 21.3 Å². The van der Waals surface area contributed by atoms with Crippen LogP contribution < -0.4 is 14.2 Å². The average molecular weight is 345 g/mol. The summed E-state index contributed by atoms with van der Waals surface area (Å²) >= 11 is 6.30. The molecule has 2 aromatic carbocycles. The van der Waals surface area contributed by atoms with Gasteiger partial charge in [0, 0.05) is 6.42 Å². The number of methoxy groups -OCH3 is 3. The van der Waals surface area contributed by atoms with Gasteiger partial charge in [0.25, 0.3) is 0 Å². The summed E-state index contributed by atoms with van der Waals surface area (Å²) in [4.78, 5) is 9.02. The van der Waals surface area contributed by atoms with Gasteiger partial charge in [-0.05, 0) is 29.8 Å². The second-order valence-electron chi connectivity index (χ2n) is 5.16. The second-order valence-corrected chi connectivity index (χ2v) is 5.52. The standard InChI is InChI=1S/C18H17ClN2O3/c1-22-15-9-11(10-16(23-2)17(15)24-3)8-14-18(19)21-13-7-5-4-6-12(13)20-14/h4-7,9-10H,8H2,1-3H3. The normalized spacial score (nSPS) is 10.7. The summed E-state index contributed by atoms with van der Waals surface area (Å²) in [6.45, 7) is 0. The van der Waals surface area contributed by atoms with Crippen molar-refractivity contribution in [2.45, 2.75) is 6.42 Å². The molecule has 1 heterocycles. The lowest BCUT2D eigenvalue weighted by atomic mass is 10.1. The van der Waals surface area contributed by atoms with Gasteiger partial charge in [-0.25, -0.2) is 9.97 Å². The third-order valence-electron chi connectivity index (χ3n) is 3.69. The summed E-state index contributed by atoms with van der Waals surface area (Å²) in [6.07, 6.45) is 0.507. The molecular formula is C18H17ClN2O3. The zero-order chi connectivity index (χ0) is 17.1. The molecule has 6 heteroatoms. The van der Waals surface area contributed by atoms with Crippen LogP contribution in [-0.4, -0.2) is 31.3 Å². The van der Waals surface area contributed by atoms with Crippen LogP contribution in [0.4, 0.5) is 0 Å². The molecule has 0 spiro atoms. The number of para-hydroxylation sites is 2. The van der Waals surface area contributed by atoms with Gasteiger partial charge in [0.2, 0.25) is 5.75 Å². The zero-order valence-electron chi connectivity index (χ0n) is 13.7. The number of halogens is 1. The lowest BCUT2D eigenvalue weighted by Gasteiger charge is -2.14. The summed E-state index contributed by atoms with van der Waals surface area (Å²) in [5.74, 6) is 1.74. The molecule has 0 radical (unpaired) electrons. The fourth-order valence-corrected chi connectivity index (χ4v) is 2.76. The van der Waals surface area contributed by atoms with Crippen molar-refractivity contribution in [1.82, 2.24) is 9.97 Å². The Morgan fingerprint density at radius 1 is 0.875 bits per heavy atom. The number of nitrogens with zero attached hydrogens (tertiary/aromatic N) is 2. The first-order chi connectivity index (χ1) is 11.7. The van der Waals surface area contributed by atoms with Crippen LogP contribution in [0, 0.1) is 0 Å². The third-order valence-corrected chi connectivity index (χ3v) is 3.99. The monoisotopic (exact) mass is 344 g/mol. The minimum absolute atomic E-state index is 0.391. The summed E-state index contributed by atoms with van der Waals surface area (Å²) < 4.78 is 16.1. The van der Waals surface area contributed by atoms with Crippen molar-refractivity contribution in [3.05, 3.63) is 52.8 Å².